The predicted octanol–water partition coefficient (Wildman–Crippen LogP) is 5.89. The van der Waals surface area contributed by atoms with E-state index in [4.69, 9.17) is 0 Å². The van der Waals surface area contributed by atoms with Gasteiger partial charge in [0.15, 0.2) is 11.6 Å². The Bertz CT molecular complexity index is 930. The van der Waals surface area contributed by atoms with Crippen molar-refractivity contribution in [2.24, 2.45) is 52.8 Å². The smallest absolute Gasteiger partial charge is 0.172 e. The third-order valence-electron chi connectivity index (χ3n) is 11.8. The van der Waals surface area contributed by atoms with Crippen LogP contribution in [0.15, 0.2) is 11.1 Å². The lowest BCUT2D eigenvalue weighted by atomic mass is 9.43. The van der Waals surface area contributed by atoms with Crippen molar-refractivity contribution >= 4 is 17.3 Å². The quantitative estimate of drug-likeness (QED) is 0.470. The molecule has 0 aromatic heterocycles. The van der Waals surface area contributed by atoms with Gasteiger partial charge in [-0.3, -0.25) is 14.4 Å². The highest BCUT2D eigenvalue weighted by Crippen LogP contribution is 2.62. The molecule has 1 heterocycles. The first kappa shape index (κ1) is 25.4. The fourth-order valence-electron chi connectivity index (χ4n) is 9.76. The van der Waals surface area contributed by atoms with E-state index < -0.39 is 5.41 Å². The van der Waals surface area contributed by atoms with E-state index in [-0.39, 0.29) is 35.2 Å². The number of likely N-dealkylation sites (tertiary alicyclic amines) is 1. The molecule has 0 aromatic carbocycles. The second kappa shape index (κ2) is 9.23. The molecule has 5 aliphatic rings. The minimum Gasteiger partial charge on any atom is -0.301 e. The van der Waals surface area contributed by atoms with Crippen LogP contribution in [0.3, 0.4) is 0 Å². The first-order chi connectivity index (χ1) is 16.6. The van der Waals surface area contributed by atoms with E-state index in [9.17, 15) is 14.4 Å². The lowest BCUT2D eigenvalue weighted by Crippen LogP contribution is -2.60. The minimum atomic E-state index is -0.592. The Hall–Kier alpha value is -1.29. The van der Waals surface area contributed by atoms with Crippen LogP contribution in [0, 0.1) is 52.8 Å². The van der Waals surface area contributed by atoms with Crippen molar-refractivity contribution in [2.45, 2.75) is 99.0 Å². The van der Waals surface area contributed by atoms with E-state index in [0.717, 1.165) is 31.3 Å². The van der Waals surface area contributed by atoms with Crippen LogP contribution in [0.2, 0.25) is 0 Å². The normalized spacial score (nSPS) is 45.1. The van der Waals surface area contributed by atoms with Crippen molar-refractivity contribution in [3.05, 3.63) is 11.1 Å². The molecule has 4 aliphatic carbocycles. The highest BCUT2D eigenvalue weighted by molar-refractivity contribution is 6.22. The van der Waals surface area contributed by atoms with Gasteiger partial charge < -0.3 is 4.90 Å². The molecule has 4 fully saturated rings. The molecule has 1 saturated heterocycles. The average molecular weight is 482 g/mol. The van der Waals surface area contributed by atoms with Gasteiger partial charge in [0, 0.05) is 23.3 Å². The molecule has 35 heavy (non-hydrogen) atoms. The molecule has 3 saturated carbocycles. The van der Waals surface area contributed by atoms with Crippen molar-refractivity contribution in [1.82, 2.24) is 4.90 Å². The number of fused-ring (bicyclic) bond motifs is 3. The summed E-state index contributed by atoms with van der Waals surface area (Å²) in [6, 6.07) is 0.617. The maximum Gasteiger partial charge on any atom is 0.172 e. The maximum absolute atomic E-state index is 14.3. The second-order valence-electron chi connectivity index (χ2n) is 13.5. The fraction of sp³-hybridized carbons (Fsp3) is 0.839. The van der Waals surface area contributed by atoms with E-state index >= 15 is 0 Å². The van der Waals surface area contributed by atoms with Gasteiger partial charge in [0.2, 0.25) is 0 Å². The number of carbonyl (C=O) groups excluding carboxylic acids is 3. The van der Waals surface area contributed by atoms with Crippen LogP contribution in [-0.4, -0.2) is 41.4 Å². The molecule has 4 heteroatoms. The molecular weight excluding hydrogens is 434 g/mol. The van der Waals surface area contributed by atoms with Gasteiger partial charge in [0.05, 0.1) is 5.57 Å². The van der Waals surface area contributed by atoms with Gasteiger partial charge in [-0.15, -0.1) is 0 Å². The van der Waals surface area contributed by atoms with Crippen LogP contribution in [-0.2, 0) is 14.4 Å². The molecule has 0 bridgehead atoms. The number of hydrogen-bond acceptors (Lipinski definition) is 4. The molecular formula is C31H47NO3. The van der Waals surface area contributed by atoms with Gasteiger partial charge in [-0.1, -0.05) is 26.3 Å². The monoisotopic (exact) mass is 481 g/mol. The molecule has 0 radical (unpaired) electrons. The summed E-state index contributed by atoms with van der Waals surface area (Å²) in [5.41, 5.74) is 0.808. The number of Topliss-reactive ketones (excluding diaryl/α,β-unsaturated/α-hetero) is 3. The van der Waals surface area contributed by atoms with Crippen molar-refractivity contribution in [3.8, 4) is 0 Å². The third-order valence-corrected chi connectivity index (χ3v) is 11.8. The Morgan fingerprint density at radius 3 is 2.43 bits per heavy atom. The van der Waals surface area contributed by atoms with Crippen LogP contribution in [0.1, 0.15) is 92.9 Å². The first-order valence-electron chi connectivity index (χ1n) is 14.6. The molecule has 0 amide bonds. The third kappa shape index (κ3) is 3.92. The number of rotatable bonds is 4. The molecule has 7 unspecified atom stereocenters. The summed E-state index contributed by atoms with van der Waals surface area (Å²) in [7, 11) is 0. The Kier molecular flexibility index (Phi) is 6.69. The number of allylic oxidation sites excluding steroid dienone is 2. The van der Waals surface area contributed by atoms with Crippen LogP contribution in [0.5, 0.6) is 0 Å². The molecule has 0 spiro atoms. The van der Waals surface area contributed by atoms with Crippen LogP contribution >= 0.6 is 0 Å². The standard InChI is InChI=1S/C31H47NO3/c1-17-9-10-22(14-19(3)32-11-7-8-12-32)25-16-23-15-24-13-18(2)26(21(5)33)30(35)31(24,6)20(4)28(23)29(34)27(17)25/h17,19-20,22-25,27-28H,7-16H2,1-6H3/t17?,19?,20?,22?,23-,24-,25?,27?,28?,31+/m1/s1. The zero-order chi connectivity index (χ0) is 25.2. The molecule has 1 aliphatic heterocycles. The summed E-state index contributed by atoms with van der Waals surface area (Å²) in [5.74, 6) is 2.78. The number of hydrogen-bond donors (Lipinski definition) is 0. The second-order valence-corrected chi connectivity index (χ2v) is 13.5. The Balaban J connectivity index is 1.43. The topological polar surface area (TPSA) is 54.5 Å². The molecule has 10 atom stereocenters. The lowest BCUT2D eigenvalue weighted by molar-refractivity contribution is -0.161. The van der Waals surface area contributed by atoms with E-state index in [0.29, 0.717) is 41.1 Å². The van der Waals surface area contributed by atoms with Crippen molar-refractivity contribution in [2.75, 3.05) is 13.1 Å². The summed E-state index contributed by atoms with van der Waals surface area (Å²) in [6.07, 6.45) is 9.28. The van der Waals surface area contributed by atoms with E-state index in [1.165, 1.54) is 45.7 Å². The first-order valence-corrected chi connectivity index (χ1v) is 14.6. The largest absolute Gasteiger partial charge is 0.301 e. The van der Waals surface area contributed by atoms with Crippen LogP contribution in [0.4, 0.5) is 0 Å². The van der Waals surface area contributed by atoms with Gasteiger partial charge >= 0.3 is 0 Å². The Morgan fingerprint density at radius 1 is 1.09 bits per heavy atom. The minimum absolute atomic E-state index is 0.00532. The summed E-state index contributed by atoms with van der Waals surface area (Å²) >= 11 is 0. The Morgan fingerprint density at radius 2 is 1.77 bits per heavy atom. The zero-order valence-corrected chi connectivity index (χ0v) is 22.9. The van der Waals surface area contributed by atoms with Crippen molar-refractivity contribution in [1.29, 1.82) is 0 Å². The zero-order valence-electron chi connectivity index (χ0n) is 22.9. The van der Waals surface area contributed by atoms with E-state index in [1.807, 2.05) is 6.92 Å². The number of carbonyl (C=O) groups is 3. The highest BCUT2D eigenvalue weighted by atomic mass is 16.2. The average Bonchev–Trinajstić information content (AvgIpc) is 3.33. The summed E-state index contributed by atoms with van der Waals surface area (Å²) in [4.78, 5) is 43.1. The van der Waals surface area contributed by atoms with Crippen LogP contribution < -0.4 is 0 Å². The van der Waals surface area contributed by atoms with Crippen molar-refractivity contribution in [3.63, 3.8) is 0 Å². The summed E-state index contributed by atoms with van der Waals surface area (Å²) in [5, 5.41) is 0. The molecule has 0 aromatic rings. The maximum atomic E-state index is 14.3. The SMILES string of the molecule is CC(=O)C1=C(C)C[C@@H]2C[C@@H]3CC4C(CC(C)N5CCCC5)CCC(C)C4C(=O)C3C(C)[C@]2(C)C1=O. The molecule has 5 rings (SSSR count). The molecule has 0 N–H and O–H groups in total. The van der Waals surface area contributed by atoms with Gasteiger partial charge in [-0.05, 0) is 121 Å². The Labute approximate surface area is 212 Å². The highest BCUT2D eigenvalue weighted by Gasteiger charge is 2.62. The number of ketones is 3. The van der Waals surface area contributed by atoms with E-state index in [2.05, 4.69) is 32.6 Å². The van der Waals surface area contributed by atoms with Crippen LogP contribution in [0.25, 0.3) is 0 Å². The van der Waals surface area contributed by atoms with Gasteiger partial charge in [-0.25, -0.2) is 0 Å². The molecule has 194 valence electrons. The lowest BCUT2D eigenvalue weighted by Gasteiger charge is -2.59. The summed E-state index contributed by atoms with van der Waals surface area (Å²) < 4.78 is 0. The molecule has 4 nitrogen and oxygen atoms in total. The fourth-order valence-corrected chi connectivity index (χ4v) is 9.76. The number of nitrogens with zero attached hydrogens (tertiary/aromatic N) is 1. The van der Waals surface area contributed by atoms with Gasteiger partial charge in [-0.2, -0.15) is 0 Å². The van der Waals surface area contributed by atoms with E-state index in [1.54, 1.807) is 0 Å². The summed E-state index contributed by atoms with van der Waals surface area (Å²) in [6.45, 7) is 15.0. The van der Waals surface area contributed by atoms with Crippen molar-refractivity contribution < 1.29 is 14.4 Å². The predicted molar refractivity (Wildman–Crippen MR) is 139 cm³/mol. The van der Waals surface area contributed by atoms with Gasteiger partial charge in [0.25, 0.3) is 0 Å². The van der Waals surface area contributed by atoms with Gasteiger partial charge in [0.1, 0.15) is 5.78 Å².